The average Bonchev–Trinajstić information content (AvgIpc) is 1.56. The fourth-order valence-electron chi connectivity index (χ4n) is 11.9. The van der Waals surface area contributed by atoms with Crippen LogP contribution in [0.2, 0.25) is 0 Å². The number of benzene rings is 5. The van der Waals surface area contributed by atoms with Crippen LogP contribution in [0, 0.1) is 17.3 Å². The van der Waals surface area contributed by atoms with Crippen LogP contribution in [0.25, 0.3) is 11.1 Å². The van der Waals surface area contributed by atoms with E-state index in [0.29, 0.717) is 18.4 Å². The Kier molecular flexibility index (Phi) is 26.1. The lowest BCUT2D eigenvalue weighted by Crippen LogP contribution is -2.63. The van der Waals surface area contributed by atoms with E-state index >= 15 is 0 Å². The van der Waals surface area contributed by atoms with E-state index in [2.05, 4.69) is 20.7 Å². The van der Waals surface area contributed by atoms with Gasteiger partial charge in [-0.1, -0.05) is 176 Å². The molecule has 1 aliphatic rings. The van der Waals surface area contributed by atoms with Crippen LogP contribution >= 0.6 is 0 Å². The molecule has 5 atom stereocenters. The molecule has 96 heavy (non-hydrogen) atoms. The van der Waals surface area contributed by atoms with Gasteiger partial charge < -0.3 is 35.1 Å². The summed E-state index contributed by atoms with van der Waals surface area (Å²) < 4.78 is 47.0. The first-order chi connectivity index (χ1) is 44.9. The maximum atomic E-state index is 14.8. The number of sulfonamides is 1. The van der Waals surface area contributed by atoms with Gasteiger partial charge in [0.1, 0.15) is 29.9 Å². The molecular formula is C76H100N6O13S. The van der Waals surface area contributed by atoms with Gasteiger partial charge in [0.05, 0.1) is 29.3 Å². The molecule has 0 unspecified atom stereocenters. The van der Waals surface area contributed by atoms with Crippen LogP contribution in [0.15, 0.2) is 150 Å². The lowest BCUT2D eigenvalue weighted by molar-refractivity contribution is -0.147. The number of unbranched alkanes of at least 4 members (excludes halogenated alkanes) is 1. The number of rotatable bonds is 29. The van der Waals surface area contributed by atoms with Gasteiger partial charge >= 0.3 is 18.2 Å². The van der Waals surface area contributed by atoms with Gasteiger partial charge in [-0.3, -0.25) is 33.7 Å². The van der Waals surface area contributed by atoms with Crippen LogP contribution in [0.4, 0.5) is 9.59 Å². The maximum absolute atomic E-state index is 14.8. The summed E-state index contributed by atoms with van der Waals surface area (Å²) in [6.07, 6.45) is 1.32. The Balaban J connectivity index is 1.13. The predicted octanol–water partition coefficient (Wildman–Crippen LogP) is 12.0. The van der Waals surface area contributed by atoms with E-state index in [9.17, 15) is 46.8 Å². The number of nitrogens with one attached hydrogen (secondary N) is 4. The van der Waals surface area contributed by atoms with Gasteiger partial charge in [0.2, 0.25) is 17.7 Å². The van der Waals surface area contributed by atoms with E-state index < -0.39 is 104 Å². The average molecular weight is 1340 g/mol. The lowest BCUT2D eigenvalue weighted by atomic mass is 9.76. The summed E-state index contributed by atoms with van der Waals surface area (Å²) in [6.45, 7) is 25.0. The van der Waals surface area contributed by atoms with Crippen LogP contribution in [0.1, 0.15) is 163 Å². The zero-order valence-electron chi connectivity index (χ0n) is 58.8. The Hall–Kier alpha value is -8.65. The van der Waals surface area contributed by atoms with Crippen LogP contribution in [0.3, 0.4) is 0 Å². The van der Waals surface area contributed by atoms with Crippen molar-refractivity contribution in [3.63, 3.8) is 0 Å². The summed E-state index contributed by atoms with van der Waals surface area (Å²) in [5, 5.41) is 8.70. The minimum Gasteiger partial charge on any atom is -0.465 e. The quantitative estimate of drug-likeness (QED) is 0.0151. The number of ketones is 1. The minimum absolute atomic E-state index is 0.00312. The van der Waals surface area contributed by atoms with E-state index in [-0.39, 0.29) is 73.3 Å². The molecule has 0 saturated carbocycles. The molecule has 5 aromatic rings. The Morgan fingerprint density at radius 1 is 0.635 bits per heavy atom. The molecule has 1 aliphatic carbocycles. The lowest BCUT2D eigenvalue weighted by Gasteiger charge is -2.42. The highest BCUT2D eigenvalue weighted by Crippen LogP contribution is 2.45. The second-order valence-corrected chi connectivity index (χ2v) is 30.6. The number of aryl methyl sites for hydroxylation is 1. The predicted molar refractivity (Wildman–Crippen MR) is 372 cm³/mol. The third-order valence-corrected chi connectivity index (χ3v) is 18.4. The molecule has 19 nitrogen and oxygen atoms in total. The second kappa shape index (κ2) is 32.9. The Bertz CT molecular complexity index is 3640. The van der Waals surface area contributed by atoms with Crippen molar-refractivity contribution < 1.29 is 61.0 Å². The van der Waals surface area contributed by atoms with Crippen LogP contribution in [0.5, 0.6) is 0 Å². The smallest absolute Gasteiger partial charge is 0.410 e. The molecule has 0 heterocycles. The summed E-state index contributed by atoms with van der Waals surface area (Å²) in [5.74, 6) is -4.81. The van der Waals surface area contributed by atoms with Crippen molar-refractivity contribution in [2.24, 2.45) is 17.3 Å². The zero-order chi connectivity index (χ0) is 71.1. The van der Waals surface area contributed by atoms with Crippen molar-refractivity contribution in [2.45, 2.75) is 193 Å². The van der Waals surface area contributed by atoms with Gasteiger partial charge in [-0.25, -0.2) is 22.7 Å². The van der Waals surface area contributed by atoms with Gasteiger partial charge in [-0.05, 0) is 143 Å². The Labute approximate surface area is 568 Å². The fourth-order valence-corrected chi connectivity index (χ4v) is 12.9. The van der Waals surface area contributed by atoms with E-state index in [1.165, 1.54) is 54.1 Å². The maximum Gasteiger partial charge on any atom is 0.410 e. The van der Waals surface area contributed by atoms with Gasteiger partial charge in [-0.2, -0.15) is 0 Å². The summed E-state index contributed by atoms with van der Waals surface area (Å²) in [4.78, 5) is 115. The molecule has 5 aromatic carbocycles. The van der Waals surface area contributed by atoms with Gasteiger partial charge in [0.15, 0.2) is 5.78 Å². The molecule has 6 rings (SSSR count). The monoisotopic (exact) mass is 1340 g/mol. The number of hydrogen-bond acceptors (Lipinski definition) is 13. The molecule has 518 valence electrons. The molecule has 0 fully saturated rings. The molecule has 0 bridgehead atoms. The number of carbonyl (C=O) groups excluding carboxylic acids is 8. The zero-order valence-corrected chi connectivity index (χ0v) is 59.6. The number of carbonyl (C=O) groups is 8. The molecule has 0 aromatic heterocycles. The van der Waals surface area contributed by atoms with E-state index in [4.69, 9.17) is 14.2 Å². The summed E-state index contributed by atoms with van der Waals surface area (Å²) in [5.41, 5.74) is 3.00. The second-order valence-electron chi connectivity index (χ2n) is 29.0. The van der Waals surface area contributed by atoms with Crippen molar-refractivity contribution in [3.8, 4) is 11.1 Å². The number of nitrogens with zero attached hydrogens (tertiary/aromatic N) is 2. The van der Waals surface area contributed by atoms with Crippen molar-refractivity contribution in [3.05, 3.63) is 173 Å². The van der Waals surface area contributed by atoms with Crippen LogP contribution in [-0.4, -0.2) is 128 Å². The van der Waals surface area contributed by atoms with Gasteiger partial charge in [-0.15, -0.1) is 0 Å². The minimum atomic E-state index is -4.47. The standard InChI is InChI=1S/C76H100N6O13S/c1-49(2)62(81(15)70(88)65(73(4,5)6)79-69(87)66(82(16)72(90)95-75(10,11)12)76(13,14)54-31-21-18-22-32-54)45-50(3)67(85)80-96(91,92)55-41-38-51(39-42-55)40-43-63(83)61(37-27-28-44-77-71(89)94-74(7,8)9)78-68(86)53(46-52-29-19-17-20-30-52)47-64(84)93-48-60-58-35-25-23-33-56(58)57-34-24-26-36-59(57)60/h17-26,29-36,38-39,41-42,45,49,53,60-62,65-66H,27-28,37,40,43-44,46-48H2,1-16H3,(H,77,89)(H,78,86)(H,79,87)(H,80,85)/b50-45+/t53-,61+,62-,65-,66-/m1/s1. The van der Waals surface area contributed by atoms with E-state index in [1.807, 2.05) is 137 Å². The van der Waals surface area contributed by atoms with Gasteiger partial charge in [0, 0.05) is 44.0 Å². The molecular weight excluding hydrogens is 1240 g/mol. The Morgan fingerprint density at radius 2 is 1.19 bits per heavy atom. The molecule has 0 radical (unpaired) electrons. The molecule has 0 saturated heterocycles. The number of amides is 6. The Morgan fingerprint density at radius 3 is 1.74 bits per heavy atom. The van der Waals surface area contributed by atoms with Crippen molar-refractivity contribution in [1.29, 1.82) is 0 Å². The first-order valence-corrected chi connectivity index (χ1v) is 34.5. The molecule has 0 spiro atoms. The third kappa shape index (κ3) is 21.4. The number of likely N-dealkylation sites (N-methyl/N-ethyl adjacent to an activating group) is 2. The summed E-state index contributed by atoms with van der Waals surface area (Å²) >= 11 is 0. The molecule has 6 amide bonds. The first kappa shape index (κ1) is 76.4. The normalized spacial score (nSPS) is 14.3. The van der Waals surface area contributed by atoms with Crippen molar-refractivity contribution in [2.75, 3.05) is 27.2 Å². The number of alkyl carbamates (subject to hydrolysis) is 1. The number of Topliss-reactive ketones (excluding diaryl/α,β-unsaturated/α-hetero) is 1. The van der Waals surface area contributed by atoms with Crippen LogP contribution < -0.4 is 20.7 Å². The van der Waals surface area contributed by atoms with Gasteiger partial charge in [0.25, 0.3) is 15.9 Å². The highest BCUT2D eigenvalue weighted by molar-refractivity contribution is 7.90. The molecule has 0 aliphatic heterocycles. The highest BCUT2D eigenvalue weighted by atomic mass is 32.2. The highest BCUT2D eigenvalue weighted by Gasteiger charge is 2.46. The largest absolute Gasteiger partial charge is 0.465 e. The summed E-state index contributed by atoms with van der Waals surface area (Å²) in [7, 11) is -1.43. The topological polar surface area (TPSA) is 253 Å². The van der Waals surface area contributed by atoms with E-state index in [1.54, 1.807) is 69.4 Å². The number of hydrogen-bond donors (Lipinski definition) is 4. The van der Waals surface area contributed by atoms with Crippen molar-refractivity contribution in [1.82, 2.24) is 30.5 Å². The van der Waals surface area contributed by atoms with E-state index in [0.717, 1.165) is 33.4 Å². The summed E-state index contributed by atoms with van der Waals surface area (Å²) in [6, 6.07) is 36.2. The first-order valence-electron chi connectivity index (χ1n) is 33.0. The molecule has 4 N–H and O–H groups in total. The fraction of sp³-hybridized carbons (Fsp3) is 0.474. The number of ether oxygens (including phenoxy) is 3. The molecule has 20 heteroatoms. The number of fused-ring (bicyclic) bond motifs is 3. The SMILES string of the molecule is C/C(=C\[C@H](C(C)C)N(C)C(=O)[C@@H](NC(=O)[C@@H](N(C)C(=O)OC(C)(C)C)C(C)(C)c1ccccc1)C(C)(C)C)C(=O)NS(=O)(=O)c1ccc(CCC(=O)[C@H](CCCCNC(=O)OC(C)(C)C)NC(=O)[C@@H](CC(=O)OCC2c3ccccc3-c3ccccc32)Cc2ccccc2)cc1. The van der Waals surface area contributed by atoms with Crippen molar-refractivity contribution >= 4 is 57.6 Å². The third-order valence-electron chi connectivity index (χ3n) is 17.1. The number of esters is 1. The van der Waals surface area contributed by atoms with Crippen LogP contribution in [-0.2, 0) is 71.3 Å².